The van der Waals surface area contributed by atoms with E-state index in [1.807, 2.05) is 45.6 Å². The summed E-state index contributed by atoms with van der Waals surface area (Å²) in [6.07, 6.45) is 7.82. The van der Waals surface area contributed by atoms with Crippen molar-refractivity contribution in [2.75, 3.05) is 26.2 Å². The Morgan fingerprint density at radius 2 is 1.88 bits per heavy atom. The second kappa shape index (κ2) is 9.74. The third-order valence-corrected chi connectivity index (χ3v) is 5.64. The van der Waals surface area contributed by atoms with Gasteiger partial charge in [-0.15, -0.1) is 0 Å². The number of carbonyl (C=O) groups excluding carboxylic acids is 1. The minimum Gasteiger partial charge on any atom is -0.351 e. The molecule has 3 heterocycles. The summed E-state index contributed by atoms with van der Waals surface area (Å²) >= 11 is 0. The lowest BCUT2D eigenvalue weighted by Crippen LogP contribution is -2.30. The number of aryl methyl sites for hydroxylation is 1. The van der Waals surface area contributed by atoms with Gasteiger partial charge in [-0.2, -0.15) is 5.10 Å². The second-order valence-corrected chi connectivity index (χ2v) is 7.72. The fourth-order valence-electron chi connectivity index (χ4n) is 3.78. The zero-order chi connectivity index (χ0) is 22.5. The molecule has 1 aromatic carbocycles. The van der Waals surface area contributed by atoms with Crippen LogP contribution in [0.4, 0.5) is 0 Å². The van der Waals surface area contributed by atoms with Gasteiger partial charge in [0.05, 0.1) is 23.6 Å². The van der Waals surface area contributed by atoms with Gasteiger partial charge in [0.2, 0.25) is 0 Å². The Balaban J connectivity index is 1.61. The molecule has 0 radical (unpaired) electrons. The molecule has 4 rings (SSSR count). The largest absolute Gasteiger partial charge is 0.351 e. The van der Waals surface area contributed by atoms with Gasteiger partial charge >= 0.3 is 0 Å². The van der Waals surface area contributed by atoms with E-state index in [0.29, 0.717) is 23.6 Å². The van der Waals surface area contributed by atoms with Crippen LogP contribution in [0, 0.1) is 6.92 Å². The van der Waals surface area contributed by atoms with Crippen LogP contribution in [-0.4, -0.2) is 61.1 Å². The van der Waals surface area contributed by atoms with Gasteiger partial charge in [-0.1, -0.05) is 31.5 Å². The maximum Gasteiger partial charge on any atom is 0.272 e. The van der Waals surface area contributed by atoms with Crippen LogP contribution in [0.25, 0.3) is 22.7 Å². The van der Waals surface area contributed by atoms with Crippen molar-refractivity contribution in [2.24, 2.45) is 0 Å². The van der Waals surface area contributed by atoms with Gasteiger partial charge in [0.25, 0.3) is 5.91 Å². The molecule has 8 heteroatoms. The van der Waals surface area contributed by atoms with Crippen LogP contribution in [0.5, 0.6) is 0 Å². The number of aromatic nitrogens is 5. The highest BCUT2D eigenvalue weighted by Gasteiger charge is 2.21. The lowest BCUT2D eigenvalue weighted by molar-refractivity contribution is 0.0949. The number of benzene rings is 1. The van der Waals surface area contributed by atoms with Crippen LogP contribution in [-0.2, 0) is 0 Å². The van der Waals surface area contributed by atoms with E-state index < -0.39 is 0 Å². The molecule has 0 aliphatic carbocycles. The maximum absolute atomic E-state index is 13.0. The minimum atomic E-state index is -0.192. The number of imidazole rings is 1. The predicted octanol–water partition coefficient (Wildman–Crippen LogP) is 3.35. The third-order valence-electron chi connectivity index (χ3n) is 5.64. The highest BCUT2D eigenvalue weighted by molar-refractivity contribution is 5.99. The predicted molar refractivity (Wildman–Crippen MR) is 125 cm³/mol. The van der Waals surface area contributed by atoms with Crippen LogP contribution < -0.4 is 5.32 Å². The third kappa shape index (κ3) is 4.40. The molecule has 0 aliphatic rings. The molecule has 166 valence electrons. The van der Waals surface area contributed by atoms with Crippen LogP contribution in [0.15, 0.2) is 55.1 Å². The van der Waals surface area contributed by atoms with Crippen molar-refractivity contribution in [3.05, 3.63) is 66.4 Å². The first-order valence-corrected chi connectivity index (χ1v) is 11.1. The second-order valence-electron chi connectivity index (χ2n) is 7.72. The SMILES string of the molecule is CCN(CC)CCCNC(=O)c1nc(-c2ccnn2-c2ccc(C)cc2)n2ccncc12. The smallest absolute Gasteiger partial charge is 0.272 e. The lowest BCUT2D eigenvalue weighted by atomic mass is 10.2. The number of fused-ring (bicyclic) bond motifs is 1. The fraction of sp³-hybridized carbons (Fsp3) is 0.333. The molecule has 0 bridgehead atoms. The van der Waals surface area contributed by atoms with E-state index in [2.05, 4.69) is 41.1 Å². The lowest BCUT2D eigenvalue weighted by Gasteiger charge is -2.17. The topological polar surface area (TPSA) is 80.4 Å². The molecule has 0 atom stereocenters. The van der Waals surface area contributed by atoms with Crippen molar-refractivity contribution in [1.82, 2.24) is 34.4 Å². The summed E-state index contributed by atoms with van der Waals surface area (Å²) < 4.78 is 3.72. The number of carbonyl (C=O) groups is 1. The van der Waals surface area contributed by atoms with E-state index in [4.69, 9.17) is 4.98 Å². The Morgan fingerprint density at radius 1 is 1.09 bits per heavy atom. The first-order valence-electron chi connectivity index (χ1n) is 11.1. The Labute approximate surface area is 187 Å². The van der Waals surface area contributed by atoms with Crippen LogP contribution in [0.2, 0.25) is 0 Å². The monoisotopic (exact) mass is 431 g/mol. The number of rotatable bonds is 9. The van der Waals surface area contributed by atoms with E-state index in [-0.39, 0.29) is 5.91 Å². The Kier molecular flexibility index (Phi) is 6.61. The summed E-state index contributed by atoms with van der Waals surface area (Å²) in [5.41, 5.74) is 3.95. The van der Waals surface area contributed by atoms with Crippen molar-refractivity contribution in [3.63, 3.8) is 0 Å². The van der Waals surface area contributed by atoms with Crippen molar-refractivity contribution in [2.45, 2.75) is 27.2 Å². The van der Waals surface area contributed by atoms with E-state index in [1.165, 1.54) is 5.56 Å². The van der Waals surface area contributed by atoms with Crippen LogP contribution >= 0.6 is 0 Å². The number of nitrogens with one attached hydrogen (secondary N) is 1. The molecule has 8 nitrogen and oxygen atoms in total. The van der Waals surface area contributed by atoms with E-state index >= 15 is 0 Å². The number of amides is 1. The van der Waals surface area contributed by atoms with Crippen LogP contribution in [0.3, 0.4) is 0 Å². The zero-order valence-electron chi connectivity index (χ0n) is 18.8. The molecule has 1 amide bonds. The quantitative estimate of drug-likeness (QED) is 0.411. The van der Waals surface area contributed by atoms with E-state index in [9.17, 15) is 4.79 Å². The molecular formula is C24H29N7O. The molecule has 0 saturated heterocycles. The van der Waals surface area contributed by atoms with Crippen molar-refractivity contribution < 1.29 is 4.79 Å². The van der Waals surface area contributed by atoms with Crippen molar-refractivity contribution in [3.8, 4) is 17.2 Å². The highest BCUT2D eigenvalue weighted by atomic mass is 16.1. The van der Waals surface area contributed by atoms with E-state index in [0.717, 1.165) is 37.4 Å². The van der Waals surface area contributed by atoms with E-state index in [1.54, 1.807) is 18.6 Å². The van der Waals surface area contributed by atoms with Gasteiger partial charge in [-0.25, -0.2) is 9.67 Å². The maximum atomic E-state index is 13.0. The average molecular weight is 432 g/mol. The van der Waals surface area contributed by atoms with Crippen molar-refractivity contribution >= 4 is 11.4 Å². The van der Waals surface area contributed by atoms with Crippen molar-refractivity contribution in [1.29, 1.82) is 0 Å². The molecule has 0 spiro atoms. The molecule has 1 N–H and O–H groups in total. The number of hydrogen-bond acceptors (Lipinski definition) is 5. The molecule has 3 aromatic heterocycles. The van der Waals surface area contributed by atoms with Gasteiger partial charge in [0, 0.05) is 18.9 Å². The number of hydrogen-bond donors (Lipinski definition) is 1. The van der Waals surface area contributed by atoms with Gasteiger partial charge in [-0.3, -0.25) is 14.2 Å². The Hall–Kier alpha value is -3.52. The molecule has 0 unspecified atom stereocenters. The average Bonchev–Trinajstić information content (AvgIpc) is 3.44. The summed E-state index contributed by atoms with van der Waals surface area (Å²) in [6, 6.07) is 10.0. The molecular weight excluding hydrogens is 402 g/mol. The minimum absolute atomic E-state index is 0.192. The molecule has 0 aliphatic heterocycles. The van der Waals surface area contributed by atoms with Crippen LogP contribution in [0.1, 0.15) is 36.3 Å². The summed E-state index contributed by atoms with van der Waals surface area (Å²) in [4.78, 5) is 24.2. The Bertz CT molecular complexity index is 1190. The molecule has 0 fully saturated rings. The Morgan fingerprint density at radius 3 is 2.62 bits per heavy atom. The normalized spacial score (nSPS) is 11.4. The first-order chi connectivity index (χ1) is 15.6. The van der Waals surface area contributed by atoms with Gasteiger partial charge in [0.1, 0.15) is 5.69 Å². The molecule has 4 aromatic rings. The summed E-state index contributed by atoms with van der Waals surface area (Å²) in [5, 5.41) is 7.50. The molecule has 32 heavy (non-hydrogen) atoms. The number of nitrogens with zero attached hydrogens (tertiary/aromatic N) is 6. The fourth-order valence-corrected chi connectivity index (χ4v) is 3.78. The molecule has 0 saturated carbocycles. The summed E-state index contributed by atoms with van der Waals surface area (Å²) in [5.74, 6) is 0.455. The van der Waals surface area contributed by atoms with Gasteiger partial charge < -0.3 is 10.2 Å². The first kappa shape index (κ1) is 21.7. The standard InChI is InChI=1S/C24H29N7O/c1-4-29(5-2)15-6-12-26-24(32)22-21-17-25-14-16-30(21)23(28-22)20-11-13-27-31(20)19-9-7-18(3)8-10-19/h7-11,13-14,16-17H,4-6,12,15H2,1-3H3,(H,26,32). The summed E-state index contributed by atoms with van der Waals surface area (Å²) in [6.45, 7) is 9.94. The summed E-state index contributed by atoms with van der Waals surface area (Å²) in [7, 11) is 0. The highest BCUT2D eigenvalue weighted by Crippen LogP contribution is 2.24. The van der Waals surface area contributed by atoms with Gasteiger partial charge in [0.15, 0.2) is 11.5 Å². The zero-order valence-corrected chi connectivity index (χ0v) is 18.8. The van der Waals surface area contributed by atoms with Gasteiger partial charge in [-0.05, 0) is 51.2 Å².